The van der Waals surface area contributed by atoms with Gasteiger partial charge >= 0.3 is 0 Å². The van der Waals surface area contributed by atoms with E-state index in [0.717, 1.165) is 30.6 Å². The molecule has 7 heteroatoms. The van der Waals surface area contributed by atoms with Crippen LogP contribution in [0.15, 0.2) is 17.1 Å². The second kappa shape index (κ2) is 6.50. The van der Waals surface area contributed by atoms with Crippen LogP contribution in [0, 0.1) is 6.92 Å². The molecule has 0 spiro atoms. The molecule has 116 valence electrons. The van der Waals surface area contributed by atoms with E-state index in [9.17, 15) is 9.90 Å². The zero-order valence-electron chi connectivity index (χ0n) is 12.4. The molecule has 3 heterocycles. The lowest BCUT2D eigenvalue weighted by atomic mass is 9.92. The van der Waals surface area contributed by atoms with Gasteiger partial charge in [-0.2, -0.15) is 0 Å². The molecule has 0 saturated carbocycles. The van der Waals surface area contributed by atoms with Crippen LogP contribution < -0.4 is 0 Å². The zero-order valence-corrected chi connectivity index (χ0v) is 13.2. The second-order valence-corrected chi connectivity index (χ2v) is 6.17. The Bertz CT molecular complexity index is 660. The van der Waals surface area contributed by atoms with Crippen molar-refractivity contribution in [3.05, 3.63) is 39.9 Å². The Balaban J connectivity index is 1.81. The maximum Gasteiger partial charge on any atom is 0.273 e. The molecule has 1 saturated heterocycles. The number of aliphatic hydroxyl groups excluding tert-OH is 1. The van der Waals surface area contributed by atoms with E-state index in [-0.39, 0.29) is 18.4 Å². The van der Waals surface area contributed by atoms with Gasteiger partial charge in [0.2, 0.25) is 0 Å². The van der Waals surface area contributed by atoms with E-state index in [1.807, 2.05) is 11.8 Å². The van der Waals surface area contributed by atoms with Crippen molar-refractivity contribution in [2.24, 2.45) is 0 Å². The van der Waals surface area contributed by atoms with Crippen LogP contribution in [0.25, 0.3) is 0 Å². The van der Waals surface area contributed by atoms with E-state index in [1.54, 1.807) is 17.1 Å². The van der Waals surface area contributed by atoms with E-state index in [1.165, 1.54) is 11.3 Å². The van der Waals surface area contributed by atoms with E-state index in [4.69, 9.17) is 0 Å². The first kappa shape index (κ1) is 15.1. The highest BCUT2D eigenvalue weighted by Gasteiger charge is 2.28. The van der Waals surface area contributed by atoms with Gasteiger partial charge in [-0.3, -0.25) is 4.79 Å². The molecule has 2 aromatic rings. The summed E-state index contributed by atoms with van der Waals surface area (Å²) in [6.07, 6.45) is 3.57. The summed E-state index contributed by atoms with van der Waals surface area (Å²) in [6.45, 7) is 3.11. The molecule has 3 rings (SSSR count). The number of piperidine rings is 1. The monoisotopic (exact) mass is 318 g/mol. The molecule has 1 N–H and O–H groups in total. The molecule has 0 aliphatic carbocycles. The first-order chi connectivity index (χ1) is 10.7. The number of hydrogen-bond donors (Lipinski definition) is 1. The predicted octanol–water partition coefficient (Wildman–Crippen LogP) is 1.75. The van der Waals surface area contributed by atoms with Crippen LogP contribution in [0.1, 0.15) is 46.3 Å². The van der Waals surface area contributed by atoms with Crippen LogP contribution >= 0.6 is 11.3 Å². The minimum absolute atomic E-state index is 0.0257. The van der Waals surface area contributed by atoms with Crippen LogP contribution in [-0.4, -0.2) is 44.0 Å². The molecule has 22 heavy (non-hydrogen) atoms. The van der Waals surface area contributed by atoms with Crippen LogP contribution in [0.4, 0.5) is 0 Å². The van der Waals surface area contributed by atoms with Crippen molar-refractivity contribution in [1.82, 2.24) is 19.9 Å². The Labute approximate surface area is 132 Å². The largest absolute Gasteiger partial charge is 0.392 e. The molecule has 1 amide bonds. The van der Waals surface area contributed by atoms with Gasteiger partial charge in [-0.15, -0.1) is 11.3 Å². The molecule has 0 radical (unpaired) electrons. The number of rotatable bonds is 3. The van der Waals surface area contributed by atoms with Gasteiger partial charge in [-0.1, -0.05) is 0 Å². The summed E-state index contributed by atoms with van der Waals surface area (Å²) in [6, 6.07) is 0. The van der Waals surface area contributed by atoms with Crippen molar-refractivity contribution < 1.29 is 9.90 Å². The lowest BCUT2D eigenvalue weighted by Crippen LogP contribution is -2.39. The number of carbonyl (C=O) groups is 1. The highest BCUT2D eigenvalue weighted by atomic mass is 32.1. The minimum Gasteiger partial charge on any atom is -0.392 e. The summed E-state index contributed by atoms with van der Waals surface area (Å²) in [7, 11) is 0. The maximum absolute atomic E-state index is 12.4. The third-order valence-electron chi connectivity index (χ3n) is 3.94. The van der Waals surface area contributed by atoms with Crippen molar-refractivity contribution >= 4 is 17.2 Å². The van der Waals surface area contributed by atoms with Gasteiger partial charge < -0.3 is 10.0 Å². The summed E-state index contributed by atoms with van der Waals surface area (Å²) in [4.78, 5) is 27.0. The fourth-order valence-electron chi connectivity index (χ4n) is 2.85. The summed E-state index contributed by atoms with van der Waals surface area (Å²) < 4.78 is 0. The van der Waals surface area contributed by atoms with E-state index >= 15 is 0 Å². The SMILES string of the molecule is Cc1ncc(CO)c(C2CCCN(C(=O)c3cscn3)C2)n1. The first-order valence-electron chi connectivity index (χ1n) is 7.29. The summed E-state index contributed by atoms with van der Waals surface area (Å²) in [5.74, 6) is 0.803. The molecule has 0 aromatic carbocycles. The van der Waals surface area contributed by atoms with E-state index in [0.29, 0.717) is 18.1 Å². The Morgan fingerprint density at radius 3 is 3.09 bits per heavy atom. The molecule has 0 bridgehead atoms. The number of thiazole rings is 1. The van der Waals surface area contributed by atoms with Gasteiger partial charge in [0.1, 0.15) is 11.5 Å². The number of aliphatic hydroxyl groups is 1. The van der Waals surface area contributed by atoms with Crippen LogP contribution in [-0.2, 0) is 6.61 Å². The van der Waals surface area contributed by atoms with E-state index < -0.39 is 0 Å². The van der Waals surface area contributed by atoms with Crippen molar-refractivity contribution in [3.63, 3.8) is 0 Å². The minimum atomic E-state index is -0.0772. The fraction of sp³-hybridized carbons (Fsp3) is 0.467. The standard InChI is InChI=1S/C15H18N4O2S/c1-10-16-5-12(7-20)14(18-10)11-3-2-4-19(6-11)15(21)13-8-22-9-17-13/h5,8-9,11,20H,2-4,6-7H2,1H3. The van der Waals surface area contributed by atoms with Gasteiger partial charge in [0.05, 0.1) is 17.8 Å². The van der Waals surface area contributed by atoms with Crippen molar-refractivity contribution in [3.8, 4) is 0 Å². The molecular weight excluding hydrogens is 300 g/mol. The smallest absolute Gasteiger partial charge is 0.273 e. The average Bonchev–Trinajstić information content (AvgIpc) is 3.08. The molecular formula is C15H18N4O2S. The lowest BCUT2D eigenvalue weighted by molar-refractivity contribution is 0.0700. The highest BCUT2D eigenvalue weighted by molar-refractivity contribution is 7.07. The third-order valence-corrected chi connectivity index (χ3v) is 4.52. The van der Waals surface area contributed by atoms with Crippen LogP contribution in [0.2, 0.25) is 0 Å². The molecule has 1 unspecified atom stereocenters. The van der Waals surface area contributed by atoms with Crippen molar-refractivity contribution in [2.45, 2.75) is 32.3 Å². The molecule has 6 nitrogen and oxygen atoms in total. The van der Waals surface area contributed by atoms with Gasteiger partial charge in [0, 0.05) is 36.1 Å². The normalized spacial score (nSPS) is 18.5. The van der Waals surface area contributed by atoms with Gasteiger partial charge in [0.15, 0.2) is 0 Å². The van der Waals surface area contributed by atoms with Gasteiger partial charge in [0.25, 0.3) is 5.91 Å². The number of likely N-dealkylation sites (tertiary alicyclic amines) is 1. The number of nitrogens with zero attached hydrogens (tertiary/aromatic N) is 4. The first-order valence-corrected chi connectivity index (χ1v) is 8.24. The van der Waals surface area contributed by atoms with Crippen molar-refractivity contribution in [2.75, 3.05) is 13.1 Å². The lowest BCUT2D eigenvalue weighted by Gasteiger charge is -2.32. The van der Waals surface area contributed by atoms with Crippen molar-refractivity contribution in [1.29, 1.82) is 0 Å². The number of carbonyl (C=O) groups excluding carboxylic acids is 1. The number of amides is 1. The Kier molecular flexibility index (Phi) is 4.44. The van der Waals surface area contributed by atoms with E-state index in [2.05, 4.69) is 15.0 Å². The third kappa shape index (κ3) is 3.00. The molecule has 1 fully saturated rings. The highest BCUT2D eigenvalue weighted by Crippen LogP contribution is 2.28. The second-order valence-electron chi connectivity index (χ2n) is 5.45. The number of hydrogen-bond acceptors (Lipinski definition) is 6. The molecule has 1 aliphatic rings. The summed E-state index contributed by atoms with van der Waals surface area (Å²) in [5.41, 5.74) is 3.79. The maximum atomic E-state index is 12.4. The molecule has 1 atom stereocenters. The van der Waals surface area contributed by atoms with Crippen LogP contribution in [0.3, 0.4) is 0 Å². The number of aromatic nitrogens is 3. The average molecular weight is 318 g/mol. The summed E-state index contributed by atoms with van der Waals surface area (Å²) in [5, 5.41) is 11.3. The predicted molar refractivity (Wildman–Crippen MR) is 82.7 cm³/mol. The van der Waals surface area contributed by atoms with Gasteiger partial charge in [-0.25, -0.2) is 15.0 Å². The molecule has 2 aromatic heterocycles. The number of aryl methyl sites for hydroxylation is 1. The van der Waals surface area contributed by atoms with Crippen LogP contribution in [0.5, 0.6) is 0 Å². The van der Waals surface area contributed by atoms with Gasteiger partial charge in [-0.05, 0) is 19.8 Å². The Morgan fingerprint density at radius 1 is 1.50 bits per heavy atom. The Hall–Kier alpha value is -1.86. The fourth-order valence-corrected chi connectivity index (χ4v) is 3.38. The summed E-state index contributed by atoms with van der Waals surface area (Å²) >= 11 is 1.42. The topological polar surface area (TPSA) is 79.2 Å². The quantitative estimate of drug-likeness (QED) is 0.933. The Morgan fingerprint density at radius 2 is 2.36 bits per heavy atom. The zero-order chi connectivity index (χ0) is 15.5. The molecule has 1 aliphatic heterocycles.